The molecule has 0 radical (unpaired) electrons. The first-order valence-corrected chi connectivity index (χ1v) is 11.6. The van der Waals surface area contributed by atoms with Crippen LogP contribution in [0.15, 0.2) is 72.8 Å². The van der Waals surface area contributed by atoms with Gasteiger partial charge in [0, 0.05) is 26.1 Å². The van der Waals surface area contributed by atoms with Crippen molar-refractivity contribution in [3.05, 3.63) is 99.1 Å². The molecule has 1 atom stereocenters. The van der Waals surface area contributed by atoms with Gasteiger partial charge in [-0.1, -0.05) is 65.1 Å². The van der Waals surface area contributed by atoms with Crippen molar-refractivity contribution in [3.8, 4) is 0 Å². The van der Waals surface area contributed by atoms with E-state index in [1.54, 1.807) is 31.2 Å². The molecule has 4 aromatic rings. The van der Waals surface area contributed by atoms with Gasteiger partial charge in [-0.05, 0) is 55.0 Å². The highest BCUT2D eigenvalue weighted by molar-refractivity contribution is 6.38. The van der Waals surface area contributed by atoms with Crippen molar-refractivity contribution < 1.29 is 14.4 Å². The van der Waals surface area contributed by atoms with Crippen LogP contribution in [0, 0.1) is 0 Å². The molecule has 0 fully saturated rings. The zero-order chi connectivity index (χ0) is 25.1. The number of nitrogens with one attached hydrogen (secondary N) is 3. The molecule has 0 aliphatic rings. The number of hydrogen-bond donors (Lipinski definition) is 3. The van der Waals surface area contributed by atoms with Gasteiger partial charge in [0.05, 0.1) is 11.6 Å². The molecule has 0 bridgehead atoms. The number of benzene rings is 3. The Balaban J connectivity index is 1.60. The summed E-state index contributed by atoms with van der Waals surface area (Å²) in [6.07, 6.45) is 0. The van der Waals surface area contributed by atoms with Crippen molar-refractivity contribution in [2.75, 3.05) is 10.7 Å². The minimum absolute atomic E-state index is 0.0654. The van der Waals surface area contributed by atoms with Crippen molar-refractivity contribution >= 4 is 69.1 Å². The Morgan fingerprint density at radius 1 is 0.800 bits per heavy atom. The van der Waals surface area contributed by atoms with E-state index in [4.69, 9.17) is 34.8 Å². The summed E-state index contributed by atoms with van der Waals surface area (Å²) in [5.74, 6) is -2.36. The maximum absolute atomic E-state index is 13.1. The van der Waals surface area contributed by atoms with Crippen LogP contribution in [0.3, 0.4) is 0 Å². The standard InChI is InChI=1S/C25H19Cl3N4O3/c1-14(15-5-3-2-4-6-15)29-24(34)25(35)31-32-21-8-7-17(26)9-16(21)10-22(32)23(33)30-20-12-18(27)11-19(28)13-20/h2-14H,1H3,(H,29,34)(H,30,33)(H,31,35)/t14-/m1/s1. The lowest BCUT2D eigenvalue weighted by Crippen LogP contribution is -2.40. The van der Waals surface area contributed by atoms with E-state index in [1.165, 1.54) is 22.9 Å². The number of aromatic nitrogens is 1. The molecule has 7 nitrogen and oxygen atoms in total. The molecule has 1 heterocycles. The third kappa shape index (κ3) is 5.77. The molecule has 10 heteroatoms. The topological polar surface area (TPSA) is 92.2 Å². The van der Waals surface area contributed by atoms with E-state index in [0.29, 0.717) is 31.7 Å². The summed E-state index contributed by atoms with van der Waals surface area (Å²) in [6.45, 7) is 1.77. The molecular formula is C25H19Cl3N4O3. The zero-order valence-corrected chi connectivity index (χ0v) is 20.6. The van der Waals surface area contributed by atoms with Gasteiger partial charge in [0.1, 0.15) is 5.69 Å². The van der Waals surface area contributed by atoms with Gasteiger partial charge in [0.2, 0.25) is 0 Å². The zero-order valence-electron chi connectivity index (χ0n) is 18.3. The first kappa shape index (κ1) is 24.6. The molecule has 0 aliphatic carbocycles. The molecule has 3 aromatic carbocycles. The predicted octanol–water partition coefficient (Wildman–Crippen LogP) is 5.80. The summed E-state index contributed by atoms with van der Waals surface area (Å²) in [5.41, 5.74) is 4.25. The smallest absolute Gasteiger partial charge is 0.328 e. The predicted molar refractivity (Wildman–Crippen MR) is 139 cm³/mol. The van der Waals surface area contributed by atoms with Crippen LogP contribution in [0.5, 0.6) is 0 Å². The number of carbonyl (C=O) groups is 3. The second-order valence-corrected chi connectivity index (χ2v) is 9.04. The minimum Gasteiger partial charge on any atom is -0.341 e. The van der Waals surface area contributed by atoms with E-state index < -0.39 is 23.8 Å². The summed E-state index contributed by atoms with van der Waals surface area (Å²) in [6, 6.07) is 19.9. The van der Waals surface area contributed by atoms with E-state index in [0.717, 1.165) is 5.56 Å². The molecule has 0 saturated carbocycles. The average molecular weight is 530 g/mol. The molecule has 4 rings (SSSR count). The number of amides is 3. The molecule has 178 valence electrons. The summed E-state index contributed by atoms with van der Waals surface area (Å²) >= 11 is 18.2. The highest BCUT2D eigenvalue weighted by Gasteiger charge is 2.22. The van der Waals surface area contributed by atoms with Crippen molar-refractivity contribution in [1.82, 2.24) is 9.99 Å². The van der Waals surface area contributed by atoms with Gasteiger partial charge in [-0.3, -0.25) is 19.8 Å². The van der Waals surface area contributed by atoms with Gasteiger partial charge < -0.3 is 10.6 Å². The van der Waals surface area contributed by atoms with E-state index in [1.807, 2.05) is 30.3 Å². The fraction of sp³-hybridized carbons (Fsp3) is 0.0800. The molecular weight excluding hydrogens is 511 g/mol. The Hall–Kier alpha value is -3.52. The molecule has 0 unspecified atom stereocenters. The summed E-state index contributed by atoms with van der Waals surface area (Å²) < 4.78 is 1.24. The minimum atomic E-state index is -0.944. The summed E-state index contributed by atoms with van der Waals surface area (Å²) in [5, 5.41) is 7.08. The fourth-order valence-electron chi connectivity index (χ4n) is 3.53. The van der Waals surface area contributed by atoms with E-state index >= 15 is 0 Å². The first-order valence-electron chi connectivity index (χ1n) is 10.5. The van der Waals surface area contributed by atoms with E-state index in [9.17, 15) is 14.4 Å². The average Bonchev–Trinajstić information content (AvgIpc) is 3.16. The van der Waals surface area contributed by atoms with Crippen LogP contribution < -0.4 is 16.1 Å². The number of fused-ring (bicyclic) bond motifs is 1. The van der Waals surface area contributed by atoms with Crippen LogP contribution in [-0.2, 0) is 9.59 Å². The first-order chi connectivity index (χ1) is 16.7. The van der Waals surface area contributed by atoms with Gasteiger partial charge in [0.25, 0.3) is 5.91 Å². The molecule has 35 heavy (non-hydrogen) atoms. The maximum Gasteiger partial charge on any atom is 0.328 e. The highest BCUT2D eigenvalue weighted by atomic mass is 35.5. The number of halogens is 3. The van der Waals surface area contributed by atoms with Gasteiger partial charge in [-0.15, -0.1) is 0 Å². The third-order valence-electron chi connectivity index (χ3n) is 5.18. The molecule has 0 spiro atoms. The molecule has 3 N–H and O–H groups in total. The lowest BCUT2D eigenvalue weighted by molar-refractivity contribution is -0.137. The highest BCUT2D eigenvalue weighted by Crippen LogP contribution is 2.26. The van der Waals surface area contributed by atoms with E-state index in [2.05, 4.69) is 16.1 Å². The Morgan fingerprint density at radius 3 is 2.17 bits per heavy atom. The van der Waals surface area contributed by atoms with Crippen LogP contribution >= 0.6 is 34.8 Å². The Kier molecular flexibility index (Phi) is 7.31. The monoisotopic (exact) mass is 528 g/mol. The third-order valence-corrected chi connectivity index (χ3v) is 5.85. The molecule has 0 saturated heterocycles. The van der Waals surface area contributed by atoms with E-state index in [-0.39, 0.29) is 5.69 Å². The largest absolute Gasteiger partial charge is 0.341 e. The SMILES string of the molecule is C[C@@H](NC(=O)C(=O)Nn1c(C(=O)Nc2cc(Cl)cc(Cl)c2)cc2cc(Cl)ccc21)c1ccccc1. The molecule has 3 amide bonds. The number of nitrogens with zero attached hydrogens (tertiary/aromatic N) is 1. The van der Waals surface area contributed by atoms with Crippen LogP contribution in [0.4, 0.5) is 5.69 Å². The Labute approximate surface area is 215 Å². The maximum atomic E-state index is 13.1. The van der Waals surface area contributed by atoms with Gasteiger partial charge in [0.15, 0.2) is 0 Å². The number of anilines is 1. The number of carbonyl (C=O) groups excluding carboxylic acids is 3. The Morgan fingerprint density at radius 2 is 1.49 bits per heavy atom. The van der Waals surface area contributed by atoms with Crippen LogP contribution in [0.2, 0.25) is 15.1 Å². The van der Waals surface area contributed by atoms with Crippen LogP contribution in [0.1, 0.15) is 29.0 Å². The second kappa shape index (κ2) is 10.4. The summed E-state index contributed by atoms with van der Waals surface area (Å²) in [7, 11) is 0. The van der Waals surface area contributed by atoms with Gasteiger partial charge in [-0.25, -0.2) is 4.68 Å². The van der Waals surface area contributed by atoms with Crippen LogP contribution in [-0.4, -0.2) is 22.4 Å². The quantitative estimate of drug-likeness (QED) is 0.285. The normalized spacial score (nSPS) is 11.7. The fourth-order valence-corrected chi connectivity index (χ4v) is 4.24. The van der Waals surface area contributed by atoms with Crippen molar-refractivity contribution in [1.29, 1.82) is 0 Å². The van der Waals surface area contributed by atoms with Crippen molar-refractivity contribution in [2.24, 2.45) is 0 Å². The number of rotatable bonds is 5. The van der Waals surface area contributed by atoms with Crippen LogP contribution in [0.25, 0.3) is 10.9 Å². The van der Waals surface area contributed by atoms with Crippen molar-refractivity contribution in [3.63, 3.8) is 0 Å². The second-order valence-electron chi connectivity index (χ2n) is 7.73. The lowest BCUT2D eigenvalue weighted by atomic mass is 10.1. The van der Waals surface area contributed by atoms with Gasteiger partial charge >= 0.3 is 11.8 Å². The summed E-state index contributed by atoms with van der Waals surface area (Å²) in [4.78, 5) is 38.5. The van der Waals surface area contributed by atoms with Crippen molar-refractivity contribution in [2.45, 2.75) is 13.0 Å². The molecule has 1 aromatic heterocycles. The number of hydrogen-bond acceptors (Lipinski definition) is 3. The van der Waals surface area contributed by atoms with Gasteiger partial charge in [-0.2, -0.15) is 0 Å². The molecule has 0 aliphatic heterocycles. The Bertz CT molecular complexity index is 1420. The lowest BCUT2D eigenvalue weighted by Gasteiger charge is -2.16.